The van der Waals surface area contributed by atoms with Gasteiger partial charge in [-0.1, -0.05) is 29.8 Å². The Bertz CT molecular complexity index is 617. The summed E-state index contributed by atoms with van der Waals surface area (Å²) in [7, 11) is 1.52. The van der Waals surface area contributed by atoms with E-state index < -0.39 is 9.05 Å². The standard InChI is InChI=1S/C11H11ClN2O2S/c1-9-2-4-10(5-3-9)7-14-8-11(6-13-14)17(12,15)16/h2-6,8H,7H2,1H3. The molecule has 0 atom stereocenters. The summed E-state index contributed by atoms with van der Waals surface area (Å²) in [6.07, 6.45) is 2.67. The van der Waals surface area contributed by atoms with E-state index in [1.807, 2.05) is 31.2 Å². The summed E-state index contributed by atoms with van der Waals surface area (Å²) in [4.78, 5) is 0.0197. The number of aromatic nitrogens is 2. The lowest BCUT2D eigenvalue weighted by Gasteiger charge is -2.01. The van der Waals surface area contributed by atoms with Gasteiger partial charge in [-0.15, -0.1) is 0 Å². The van der Waals surface area contributed by atoms with Crippen LogP contribution in [0.15, 0.2) is 41.6 Å². The summed E-state index contributed by atoms with van der Waals surface area (Å²) in [6, 6.07) is 7.95. The average Bonchev–Trinajstić information content (AvgIpc) is 2.69. The van der Waals surface area contributed by atoms with Gasteiger partial charge in [0.15, 0.2) is 0 Å². The Morgan fingerprint density at radius 1 is 1.29 bits per heavy atom. The summed E-state index contributed by atoms with van der Waals surface area (Å²) in [6.45, 7) is 2.53. The quantitative estimate of drug-likeness (QED) is 0.803. The molecule has 2 rings (SSSR count). The van der Waals surface area contributed by atoms with Gasteiger partial charge in [-0.05, 0) is 12.5 Å². The molecule has 0 aliphatic carbocycles. The second kappa shape index (κ2) is 4.50. The van der Waals surface area contributed by atoms with Crippen molar-refractivity contribution >= 4 is 19.7 Å². The first-order valence-corrected chi connectivity index (χ1v) is 7.29. The number of hydrogen-bond acceptors (Lipinski definition) is 3. The Hall–Kier alpha value is -1.33. The third-order valence-electron chi connectivity index (χ3n) is 2.36. The van der Waals surface area contributed by atoms with E-state index in [9.17, 15) is 8.42 Å². The van der Waals surface area contributed by atoms with Crippen LogP contribution in [0.5, 0.6) is 0 Å². The van der Waals surface area contributed by atoms with E-state index in [2.05, 4.69) is 5.10 Å². The Labute approximate surface area is 104 Å². The van der Waals surface area contributed by atoms with Crippen molar-refractivity contribution in [1.29, 1.82) is 0 Å². The lowest BCUT2D eigenvalue weighted by Crippen LogP contribution is -1.99. The van der Waals surface area contributed by atoms with Gasteiger partial charge in [0.05, 0.1) is 12.7 Å². The maximum Gasteiger partial charge on any atom is 0.264 e. The molecule has 0 aliphatic rings. The molecule has 0 amide bonds. The van der Waals surface area contributed by atoms with E-state index in [1.54, 1.807) is 4.68 Å². The highest BCUT2D eigenvalue weighted by Crippen LogP contribution is 2.14. The molecule has 0 saturated heterocycles. The first-order valence-electron chi connectivity index (χ1n) is 4.98. The summed E-state index contributed by atoms with van der Waals surface area (Å²) in [5.41, 5.74) is 2.23. The van der Waals surface area contributed by atoms with Crippen molar-refractivity contribution in [3.8, 4) is 0 Å². The normalized spacial score (nSPS) is 11.6. The summed E-state index contributed by atoms with van der Waals surface area (Å²) < 4.78 is 23.7. The maximum atomic E-state index is 11.1. The topological polar surface area (TPSA) is 52.0 Å². The zero-order chi connectivity index (χ0) is 12.5. The molecule has 1 heterocycles. The summed E-state index contributed by atoms with van der Waals surface area (Å²) in [5, 5.41) is 3.95. The van der Waals surface area contributed by atoms with Gasteiger partial charge in [0.1, 0.15) is 4.90 Å². The van der Waals surface area contributed by atoms with Crippen LogP contribution < -0.4 is 0 Å². The summed E-state index contributed by atoms with van der Waals surface area (Å²) >= 11 is 0. The Morgan fingerprint density at radius 2 is 1.94 bits per heavy atom. The lowest BCUT2D eigenvalue weighted by molar-refractivity contribution is 0.609. The third-order valence-corrected chi connectivity index (χ3v) is 3.66. The molecule has 0 saturated carbocycles. The lowest BCUT2D eigenvalue weighted by atomic mass is 10.1. The average molecular weight is 271 g/mol. The zero-order valence-electron chi connectivity index (χ0n) is 9.17. The monoisotopic (exact) mass is 270 g/mol. The molecule has 1 aromatic heterocycles. The van der Waals surface area contributed by atoms with Gasteiger partial charge < -0.3 is 0 Å². The van der Waals surface area contributed by atoms with Crippen molar-refractivity contribution in [2.75, 3.05) is 0 Å². The minimum absolute atomic E-state index is 0.0197. The molecule has 0 spiro atoms. The van der Waals surface area contributed by atoms with E-state index in [1.165, 1.54) is 18.0 Å². The molecule has 0 fully saturated rings. The van der Waals surface area contributed by atoms with Crippen molar-refractivity contribution < 1.29 is 8.42 Å². The van der Waals surface area contributed by atoms with Crippen molar-refractivity contribution in [3.05, 3.63) is 47.8 Å². The van der Waals surface area contributed by atoms with Crippen molar-refractivity contribution in [2.45, 2.75) is 18.4 Å². The smallest absolute Gasteiger partial charge is 0.264 e. The van der Waals surface area contributed by atoms with E-state index >= 15 is 0 Å². The van der Waals surface area contributed by atoms with Crippen LogP contribution in [-0.2, 0) is 15.6 Å². The molecular weight excluding hydrogens is 260 g/mol. The predicted molar refractivity (Wildman–Crippen MR) is 65.5 cm³/mol. The Kier molecular flexibility index (Phi) is 3.22. The molecule has 0 unspecified atom stereocenters. The first-order chi connectivity index (χ1) is 7.95. The van der Waals surface area contributed by atoms with Crippen LogP contribution in [0, 0.1) is 6.92 Å². The fraction of sp³-hybridized carbons (Fsp3) is 0.182. The van der Waals surface area contributed by atoms with Crippen LogP contribution in [0.1, 0.15) is 11.1 Å². The van der Waals surface area contributed by atoms with Crippen LogP contribution in [0.4, 0.5) is 0 Å². The van der Waals surface area contributed by atoms with Gasteiger partial charge >= 0.3 is 0 Å². The molecule has 17 heavy (non-hydrogen) atoms. The molecule has 6 heteroatoms. The van der Waals surface area contributed by atoms with Crippen LogP contribution in [0.3, 0.4) is 0 Å². The minimum atomic E-state index is -3.69. The molecule has 4 nitrogen and oxygen atoms in total. The van der Waals surface area contributed by atoms with Crippen LogP contribution in [0.25, 0.3) is 0 Å². The van der Waals surface area contributed by atoms with E-state index in [0.29, 0.717) is 6.54 Å². The van der Waals surface area contributed by atoms with Crippen molar-refractivity contribution in [2.24, 2.45) is 0 Å². The number of nitrogens with zero attached hydrogens (tertiary/aromatic N) is 2. The third kappa shape index (κ3) is 3.08. The molecule has 1 aromatic carbocycles. The van der Waals surface area contributed by atoms with E-state index in [-0.39, 0.29) is 4.90 Å². The van der Waals surface area contributed by atoms with Crippen molar-refractivity contribution in [3.63, 3.8) is 0 Å². The number of benzene rings is 1. The van der Waals surface area contributed by atoms with Crippen LogP contribution >= 0.6 is 10.7 Å². The predicted octanol–water partition coefficient (Wildman–Crippen LogP) is 2.17. The van der Waals surface area contributed by atoms with Gasteiger partial charge in [-0.25, -0.2) is 8.42 Å². The number of rotatable bonds is 3. The molecule has 2 aromatic rings. The molecule has 0 N–H and O–H groups in total. The zero-order valence-corrected chi connectivity index (χ0v) is 10.7. The highest BCUT2D eigenvalue weighted by atomic mass is 35.7. The molecule has 0 aliphatic heterocycles. The fourth-order valence-electron chi connectivity index (χ4n) is 1.44. The molecule has 0 bridgehead atoms. The Morgan fingerprint density at radius 3 is 2.47 bits per heavy atom. The van der Waals surface area contributed by atoms with Gasteiger partial charge in [0.2, 0.25) is 0 Å². The SMILES string of the molecule is Cc1ccc(Cn2cc(S(=O)(=O)Cl)cn2)cc1. The highest BCUT2D eigenvalue weighted by Gasteiger charge is 2.12. The minimum Gasteiger partial charge on any atom is -0.267 e. The van der Waals surface area contributed by atoms with Crippen LogP contribution in [0.2, 0.25) is 0 Å². The maximum absolute atomic E-state index is 11.1. The van der Waals surface area contributed by atoms with E-state index in [0.717, 1.165) is 5.56 Å². The van der Waals surface area contributed by atoms with Gasteiger partial charge in [-0.3, -0.25) is 4.68 Å². The number of halogens is 1. The second-order valence-electron chi connectivity index (χ2n) is 3.80. The molecule has 90 valence electrons. The van der Waals surface area contributed by atoms with Crippen molar-refractivity contribution in [1.82, 2.24) is 9.78 Å². The van der Waals surface area contributed by atoms with Gasteiger partial charge in [0, 0.05) is 16.9 Å². The summed E-state index contributed by atoms with van der Waals surface area (Å²) in [5.74, 6) is 0. The van der Waals surface area contributed by atoms with Gasteiger partial charge in [0.25, 0.3) is 9.05 Å². The van der Waals surface area contributed by atoms with Gasteiger partial charge in [-0.2, -0.15) is 5.10 Å². The fourth-order valence-corrected chi connectivity index (χ4v) is 2.10. The number of aryl methyl sites for hydroxylation is 1. The van der Waals surface area contributed by atoms with Crippen LogP contribution in [-0.4, -0.2) is 18.2 Å². The Balaban J connectivity index is 2.20. The number of hydrogen-bond donors (Lipinski definition) is 0. The van der Waals surface area contributed by atoms with E-state index in [4.69, 9.17) is 10.7 Å². The molecule has 0 radical (unpaired) electrons. The molecular formula is C11H11ClN2O2S. The largest absolute Gasteiger partial charge is 0.267 e. The first kappa shape index (κ1) is 12.1. The second-order valence-corrected chi connectivity index (χ2v) is 6.36. The highest BCUT2D eigenvalue weighted by molar-refractivity contribution is 8.13.